The van der Waals surface area contributed by atoms with Crippen molar-refractivity contribution in [3.63, 3.8) is 0 Å². The van der Waals surface area contributed by atoms with Crippen LogP contribution in [0.3, 0.4) is 0 Å². The van der Waals surface area contributed by atoms with Crippen molar-refractivity contribution < 1.29 is 19.1 Å². The van der Waals surface area contributed by atoms with Crippen molar-refractivity contribution >= 4 is 17.6 Å². The van der Waals surface area contributed by atoms with Gasteiger partial charge in [-0.25, -0.2) is 9.18 Å². The molecule has 1 aliphatic rings. The topological polar surface area (TPSA) is 96.2 Å². The second kappa shape index (κ2) is 10.7. The van der Waals surface area contributed by atoms with E-state index in [9.17, 15) is 19.1 Å². The van der Waals surface area contributed by atoms with Crippen LogP contribution >= 0.6 is 0 Å². The molecule has 3 N–H and O–H groups in total. The normalized spacial score (nSPS) is 13.5. The Hall–Kier alpha value is -3.68. The van der Waals surface area contributed by atoms with E-state index < -0.39 is 0 Å². The van der Waals surface area contributed by atoms with Crippen LogP contribution < -0.4 is 10.6 Å². The summed E-state index contributed by atoms with van der Waals surface area (Å²) in [5.74, 6) is -0.244. The van der Waals surface area contributed by atoms with Crippen LogP contribution in [0.5, 0.6) is 5.75 Å². The van der Waals surface area contributed by atoms with Gasteiger partial charge in [0.15, 0.2) is 0 Å². The van der Waals surface area contributed by atoms with Gasteiger partial charge in [-0.3, -0.25) is 4.79 Å². The summed E-state index contributed by atoms with van der Waals surface area (Å²) in [7, 11) is 0. The van der Waals surface area contributed by atoms with E-state index in [1.165, 1.54) is 22.9 Å². The summed E-state index contributed by atoms with van der Waals surface area (Å²) in [6.45, 7) is 4.19. The molecule has 1 aliphatic carbocycles. The number of nitrogens with zero attached hydrogens (tertiary/aromatic N) is 2. The van der Waals surface area contributed by atoms with Gasteiger partial charge in [-0.2, -0.15) is 9.78 Å². The molecule has 3 aromatic rings. The number of benzene rings is 2. The number of phenols is 1. The van der Waals surface area contributed by atoms with E-state index in [1.807, 2.05) is 19.9 Å². The van der Waals surface area contributed by atoms with Crippen LogP contribution in [0.4, 0.5) is 14.9 Å². The highest BCUT2D eigenvalue weighted by molar-refractivity contribution is 5.93. The van der Waals surface area contributed by atoms with Crippen LogP contribution in [-0.4, -0.2) is 26.8 Å². The van der Waals surface area contributed by atoms with Crippen LogP contribution in [0.1, 0.15) is 63.1 Å². The number of nitrogens with one attached hydrogen (secondary N) is 2. The zero-order valence-corrected chi connectivity index (χ0v) is 20.1. The fourth-order valence-electron chi connectivity index (χ4n) is 4.26. The first-order valence-corrected chi connectivity index (χ1v) is 12.2. The number of carbonyl (C=O) groups is 2. The zero-order valence-electron chi connectivity index (χ0n) is 20.1. The first-order valence-electron chi connectivity index (χ1n) is 12.2. The van der Waals surface area contributed by atoms with Gasteiger partial charge in [-0.1, -0.05) is 32.4 Å². The molecule has 8 heteroatoms. The minimum Gasteiger partial charge on any atom is -0.507 e. The van der Waals surface area contributed by atoms with E-state index in [1.54, 1.807) is 24.3 Å². The largest absolute Gasteiger partial charge is 0.507 e. The molecule has 2 aromatic carbocycles. The molecule has 0 radical (unpaired) electrons. The number of halogens is 1. The molecule has 2 amide bonds. The Morgan fingerprint density at radius 2 is 1.83 bits per heavy atom. The molecule has 7 nitrogen and oxygen atoms in total. The Labute approximate surface area is 204 Å². The van der Waals surface area contributed by atoms with Crippen LogP contribution in [0.15, 0.2) is 48.5 Å². The summed E-state index contributed by atoms with van der Waals surface area (Å²) in [5.41, 5.74) is 3.03. The number of aromatic nitrogens is 2. The molecule has 35 heavy (non-hydrogen) atoms. The van der Waals surface area contributed by atoms with Crippen molar-refractivity contribution in [3.05, 3.63) is 65.6 Å². The Morgan fingerprint density at radius 3 is 2.46 bits per heavy atom. The van der Waals surface area contributed by atoms with Gasteiger partial charge in [-0.15, -0.1) is 0 Å². The maximum atomic E-state index is 13.2. The summed E-state index contributed by atoms with van der Waals surface area (Å²) in [4.78, 5) is 25.6. The van der Waals surface area contributed by atoms with Gasteiger partial charge >= 0.3 is 6.03 Å². The number of hydrogen-bond donors (Lipinski definition) is 3. The minimum absolute atomic E-state index is 0.0158. The molecule has 0 saturated heterocycles. The minimum atomic E-state index is -0.389. The predicted molar refractivity (Wildman–Crippen MR) is 133 cm³/mol. The second-order valence-electron chi connectivity index (χ2n) is 9.01. The van der Waals surface area contributed by atoms with E-state index in [2.05, 4.69) is 15.7 Å². The maximum absolute atomic E-state index is 13.2. The molecule has 0 spiro atoms. The van der Waals surface area contributed by atoms with Gasteiger partial charge in [0, 0.05) is 29.6 Å². The van der Waals surface area contributed by atoms with Gasteiger partial charge in [-0.05, 0) is 67.6 Å². The number of rotatable bonds is 8. The third-order valence-electron chi connectivity index (χ3n) is 6.71. The van der Waals surface area contributed by atoms with Crippen molar-refractivity contribution in [1.82, 2.24) is 15.1 Å². The number of hydrogen-bond acceptors (Lipinski definition) is 4. The van der Waals surface area contributed by atoms with E-state index >= 15 is 0 Å². The first-order chi connectivity index (χ1) is 16.9. The monoisotopic (exact) mass is 478 g/mol. The van der Waals surface area contributed by atoms with Crippen molar-refractivity contribution in [1.29, 1.82) is 0 Å². The van der Waals surface area contributed by atoms with E-state index in [0.717, 1.165) is 43.4 Å². The summed E-state index contributed by atoms with van der Waals surface area (Å²) >= 11 is 0. The standard InChI is InChI=1S/C27H31FN4O3/c1-3-18(4-2)26(34)30-21-12-13-25(33)22(14-21)23-15-24(19-6-5-7-19)32(31-23)27(35)29-16-17-8-10-20(28)11-9-17/h8-15,18-19,33H,3-7,16H2,1-2H3,(H,29,35)(H,30,34). The molecule has 1 heterocycles. The molecule has 0 aliphatic heterocycles. The third kappa shape index (κ3) is 5.53. The first kappa shape index (κ1) is 24.4. The Balaban J connectivity index is 1.59. The zero-order chi connectivity index (χ0) is 24.9. The van der Waals surface area contributed by atoms with Crippen LogP contribution in [0.2, 0.25) is 0 Å². The molecule has 4 rings (SSSR count). The Kier molecular flexibility index (Phi) is 7.48. The average molecular weight is 479 g/mol. The van der Waals surface area contributed by atoms with Gasteiger partial charge in [0.25, 0.3) is 0 Å². The van der Waals surface area contributed by atoms with Gasteiger partial charge < -0.3 is 15.7 Å². The van der Waals surface area contributed by atoms with Crippen LogP contribution in [-0.2, 0) is 11.3 Å². The average Bonchev–Trinajstić information content (AvgIpc) is 3.24. The molecule has 0 atom stereocenters. The summed E-state index contributed by atoms with van der Waals surface area (Å²) in [5, 5.41) is 20.8. The molecule has 0 unspecified atom stereocenters. The smallest absolute Gasteiger partial charge is 0.342 e. The van der Waals surface area contributed by atoms with Crippen LogP contribution in [0, 0.1) is 11.7 Å². The molecule has 1 saturated carbocycles. The molecular weight excluding hydrogens is 447 g/mol. The number of carbonyl (C=O) groups excluding carboxylic acids is 2. The summed E-state index contributed by atoms with van der Waals surface area (Å²) in [6.07, 6.45) is 4.51. The van der Waals surface area contributed by atoms with E-state index in [-0.39, 0.29) is 41.9 Å². The lowest BCUT2D eigenvalue weighted by Gasteiger charge is -2.25. The van der Waals surface area contributed by atoms with Crippen molar-refractivity contribution in [3.8, 4) is 17.0 Å². The highest BCUT2D eigenvalue weighted by atomic mass is 19.1. The highest BCUT2D eigenvalue weighted by Gasteiger charge is 2.28. The van der Waals surface area contributed by atoms with Crippen molar-refractivity contribution in [2.24, 2.45) is 5.92 Å². The molecular formula is C27H31FN4O3. The summed E-state index contributed by atoms with van der Waals surface area (Å²) in [6, 6.07) is 12.3. The lowest BCUT2D eigenvalue weighted by molar-refractivity contribution is -0.120. The van der Waals surface area contributed by atoms with Crippen molar-refractivity contribution in [2.75, 3.05) is 5.32 Å². The number of phenolic OH excluding ortho intramolecular Hbond substituents is 1. The summed E-state index contributed by atoms with van der Waals surface area (Å²) < 4.78 is 14.5. The number of amides is 2. The van der Waals surface area contributed by atoms with Gasteiger partial charge in [0.1, 0.15) is 11.6 Å². The molecule has 184 valence electrons. The van der Waals surface area contributed by atoms with E-state index in [4.69, 9.17) is 0 Å². The fourth-order valence-corrected chi connectivity index (χ4v) is 4.26. The van der Waals surface area contributed by atoms with Gasteiger partial charge in [0.2, 0.25) is 5.91 Å². The number of anilines is 1. The fraction of sp³-hybridized carbons (Fsp3) is 0.370. The highest BCUT2D eigenvalue weighted by Crippen LogP contribution is 2.39. The van der Waals surface area contributed by atoms with Crippen LogP contribution in [0.25, 0.3) is 11.3 Å². The second-order valence-corrected chi connectivity index (χ2v) is 9.01. The Bertz CT molecular complexity index is 1200. The lowest BCUT2D eigenvalue weighted by atomic mass is 9.82. The maximum Gasteiger partial charge on any atom is 0.342 e. The van der Waals surface area contributed by atoms with Gasteiger partial charge in [0.05, 0.1) is 11.4 Å². The molecule has 0 bridgehead atoms. The van der Waals surface area contributed by atoms with E-state index in [0.29, 0.717) is 16.9 Å². The Morgan fingerprint density at radius 1 is 1.11 bits per heavy atom. The van der Waals surface area contributed by atoms with Crippen molar-refractivity contribution in [2.45, 2.75) is 58.4 Å². The number of aromatic hydroxyl groups is 1. The third-order valence-corrected chi connectivity index (χ3v) is 6.71. The molecule has 1 fully saturated rings. The SMILES string of the molecule is CCC(CC)C(=O)Nc1ccc(O)c(-c2cc(C3CCC3)n(C(=O)NCc3ccc(F)cc3)n2)c1. The quantitative estimate of drug-likeness (QED) is 0.357. The lowest BCUT2D eigenvalue weighted by Crippen LogP contribution is -2.31. The predicted octanol–water partition coefficient (Wildman–Crippen LogP) is 5.79. The molecule has 1 aromatic heterocycles.